The Morgan fingerprint density at radius 2 is 2.38 bits per heavy atom. The lowest BCUT2D eigenvalue weighted by molar-refractivity contribution is 0.396. The minimum atomic E-state index is 0.164. The predicted octanol–water partition coefficient (Wildman–Crippen LogP) is 1.50. The number of hydrogen-bond donors (Lipinski definition) is 1. The molecule has 0 aromatic carbocycles. The molecule has 0 bridgehead atoms. The molecule has 1 atom stereocenters. The number of nitrogens with two attached hydrogens (primary N) is 1. The van der Waals surface area contributed by atoms with Gasteiger partial charge >= 0.3 is 0 Å². The molecule has 3 heteroatoms. The van der Waals surface area contributed by atoms with Gasteiger partial charge in [0.2, 0.25) is 5.88 Å². The van der Waals surface area contributed by atoms with Crippen LogP contribution in [0, 0.1) is 5.92 Å². The van der Waals surface area contributed by atoms with Gasteiger partial charge < -0.3 is 10.5 Å². The van der Waals surface area contributed by atoms with E-state index in [9.17, 15) is 0 Å². The second-order valence-electron chi connectivity index (χ2n) is 3.49. The lowest BCUT2D eigenvalue weighted by Gasteiger charge is -2.10. The maximum absolute atomic E-state index is 6.04. The van der Waals surface area contributed by atoms with Crippen LogP contribution in [0.4, 0.5) is 0 Å². The SMILES string of the molecule is COc1cc(C(N)C2CC2)ccn1. The number of pyridine rings is 1. The van der Waals surface area contributed by atoms with Gasteiger partial charge in [-0.3, -0.25) is 0 Å². The Kier molecular flexibility index (Phi) is 2.19. The fourth-order valence-electron chi connectivity index (χ4n) is 1.47. The van der Waals surface area contributed by atoms with Gasteiger partial charge in [0, 0.05) is 18.3 Å². The van der Waals surface area contributed by atoms with Crippen LogP contribution in [0.25, 0.3) is 0 Å². The van der Waals surface area contributed by atoms with Crippen LogP contribution in [0.15, 0.2) is 18.3 Å². The Hall–Kier alpha value is -1.09. The summed E-state index contributed by atoms with van der Waals surface area (Å²) in [6.07, 6.45) is 4.26. The van der Waals surface area contributed by atoms with Gasteiger partial charge in [0.15, 0.2) is 0 Å². The molecule has 1 aromatic heterocycles. The van der Waals surface area contributed by atoms with Crippen LogP contribution in [0.5, 0.6) is 5.88 Å². The van der Waals surface area contributed by atoms with E-state index in [0.29, 0.717) is 11.8 Å². The molecule has 1 saturated carbocycles. The first kappa shape index (κ1) is 8.51. The fraction of sp³-hybridized carbons (Fsp3) is 0.500. The highest BCUT2D eigenvalue weighted by Crippen LogP contribution is 2.39. The average molecular weight is 178 g/mol. The van der Waals surface area contributed by atoms with Crippen LogP contribution in [0.2, 0.25) is 0 Å². The molecule has 1 heterocycles. The summed E-state index contributed by atoms with van der Waals surface area (Å²) in [5.74, 6) is 1.32. The maximum Gasteiger partial charge on any atom is 0.213 e. The highest BCUT2D eigenvalue weighted by Gasteiger charge is 2.29. The fourth-order valence-corrected chi connectivity index (χ4v) is 1.47. The molecule has 2 rings (SSSR count). The second-order valence-corrected chi connectivity index (χ2v) is 3.49. The van der Waals surface area contributed by atoms with Gasteiger partial charge in [-0.2, -0.15) is 0 Å². The minimum Gasteiger partial charge on any atom is -0.481 e. The molecule has 1 unspecified atom stereocenters. The zero-order valence-corrected chi connectivity index (χ0v) is 7.73. The zero-order chi connectivity index (χ0) is 9.26. The van der Waals surface area contributed by atoms with Crippen molar-refractivity contribution >= 4 is 0 Å². The second kappa shape index (κ2) is 3.34. The zero-order valence-electron chi connectivity index (χ0n) is 7.73. The largest absolute Gasteiger partial charge is 0.481 e. The van der Waals surface area contributed by atoms with E-state index in [0.717, 1.165) is 5.56 Å². The molecule has 0 spiro atoms. The number of ether oxygens (including phenoxy) is 1. The van der Waals surface area contributed by atoms with Gasteiger partial charge in [0.25, 0.3) is 0 Å². The van der Waals surface area contributed by atoms with Crippen molar-refractivity contribution in [1.82, 2.24) is 4.98 Å². The smallest absolute Gasteiger partial charge is 0.213 e. The minimum absolute atomic E-state index is 0.164. The van der Waals surface area contributed by atoms with Crippen LogP contribution in [-0.2, 0) is 0 Å². The molecular formula is C10H14N2O. The monoisotopic (exact) mass is 178 g/mol. The molecule has 70 valence electrons. The summed E-state index contributed by atoms with van der Waals surface area (Å²) < 4.78 is 5.04. The van der Waals surface area contributed by atoms with E-state index in [4.69, 9.17) is 10.5 Å². The van der Waals surface area contributed by atoms with E-state index in [1.807, 2.05) is 12.1 Å². The Bertz CT molecular complexity index is 297. The lowest BCUT2D eigenvalue weighted by atomic mass is 10.1. The molecule has 0 aliphatic heterocycles. The van der Waals surface area contributed by atoms with Crippen LogP contribution in [-0.4, -0.2) is 12.1 Å². The molecule has 0 amide bonds. The van der Waals surface area contributed by atoms with E-state index in [2.05, 4.69) is 4.98 Å². The van der Waals surface area contributed by atoms with Crippen molar-refractivity contribution in [3.63, 3.8) is 0 Å². The third-order valence-electron chi connectivity index (χ3n) is 2.48. The van der Waals surface area contributed by atoms with Crippen LogP contribution >= 0.6 is 0 Å². The first-order chi connectivity index (χ1) is 6.31. The molecule has 0 saturated heterocycles. The van der Waals surface area contributed by atoms with E-state index in [-0.39, 0.29) is 6.04 Å². The highest BCUT2D eigenvalue weighted by atomic mass is 16.5. The Balaban J connectivity index is 2.18. The maximum atomic E-state index is 6.04. The van der Waals surface area contributed by atoms with Gasteiger partial charge in [-0.25, -0.2) is 4.98 Å². The first-order valence-corrected chi connectivity index (χ1v) is 4.57. The van der Waals surface area contributed by atoms with Crippen LogP contribution in [0.3, 0.4) is 0 Å². The van der Waals surface area contributed by atoms with Crippen molar-refractivity contribution in [2.24, 2.45) is 11.7 Å². The molecule has 1 aliphatic carbocycles. The number of aromatic nitrogens is 1. The summed E-state index contributed by atoms with van der Waals surface area (Å²) in [4.78, 5) is 4.04. The molecule has 0 radical (unpaired) electrons. The number of rotatable bonds is 3. The van der Waals surface area contributed by atoms with E-state index < -0.39 is 0 Å². The number of nitrogens with zero attached hydrogens (tertiary/aromatic N) is 1. The third-order valence-corrected chi connectivity index (χ3v) is 2.48. The van der Waals surface area contributed by atoms with Crippen molar-refractivity contribution in [2.45, 2.75) is 18.9 Å². The Labute approximate surface area is 77.9 Å². The normalized spacial score (nSPS) is 18.3. The van der Waals surface area contributed by atoms with E-state index >= 15 is 0 Å². The summed E-state index contributed by atoms with van der Waals surface area (Å²) >= 11 is 0. The summed E-state index contributed by atoms with van der Waals surface area (Å²) in [7, 11) is 1.62. The van der Waals surface area contributed by atoms with Gasteiger partial charge in [-0.15, -0.1) is 0 Å². The van der Waals surface area contributed by atoms with Gasteiger partial charge in [-0.1, -0.05) is 0 Å². The van der Waals surface area contributed by atoms with Gasteiger partial charge in [0.1, 0.15) is 0 Å². The van der Waals surface area contributed by atoms with Crippen LogP contribution in [0.1, 0.15) is 24.4 Å². The van der Waals surface area contributed by atoms with Crippen LogP contribution < -0.4 is 10.5 Å². The average Bonchev–Trinajstić information content (AvgIpc) is 3.00. The Morgan fingerprint density at radius 3 is 3.00 bits per heavy atom. The predicted molar refractivity (Wildman–Crippen MR) is 50.4 cm³/mol. The standard InChI is InChI=1S/C10H14N2O/c1-13-9-6-8(4-5-12-9)10(11)7-2-3-7/h4-7,10H,2-3,11H2,1H3. The highest BCUT2D eigenvalue weighted by molar-refractivity contribution is 5.24. The summed E-state index contributed by atoms with van der Waals surface area (Å²) in [5, 5.41) is 0. The van der Waals surface area contributed by atoms with Crippen molar-refractivity contribution in [3.8, 4) is 5.88 Å². The molecule has 1 aromatic rings. The molecule has 2 N–H and O–H groups in total. The molecule has 13 heavy (non-hydrogen) atoms. The first-order valence-electron chi connectivity index (χ1n) is 4.57. The lowest BCUT2D eigenvalue weighted by Crippen LogP contribution is -2.12. The molecule has 3 nitrogen and oxygen atoms in total. The number of hydrogen-bond acceptors (Lipinski definition) is 3. The third kappa shape index (κ3) is 1.80. The molecular weight excluding hydrogens is 164 g/mol. The summed E-state index contributed by atoms with van der Waals surface area (Å²) in [6, 6.07) is 4.05. The number of methoxy groups -OCH3 is 1. The topological polar surface area (TPSA) is 48.1 Å². The Morgan fingerprint density at radius 1 is 1.62 bits per heavy atom. The quantitative estimate of drug-likeness (QED) is 0.763. The van der Waals surface area contributed by atoms with Crippen molar-refractivity contribution in [1.29, 1.82) is 0 Å². The molecule has 1 fully saturated rings. The summed E-state index contributed by atoms with van der Waals surface area (Å²) in [6.45, 7) is 0. The molecule has 1 aliphatic rings. The van der Waals surface area contributed by atoms with Gasteiger partial charge in [0.05, 0.1) is 7.11 Å². The van der Waals surface area contributed by atoms with E-state index in [1.54, 1.807) is 13.3 Å². The van der Waals surface area contributed by atoms with Crippen molar-refractivity contribution in [3.05, 3.63) is 23.9 Å². The van der Waals surface area contributed by atoms with Gasteiger partial charge in [-0.05, 0) is 30.4 Å². The summed E-state index contributed by atoms with van der Waals surface area (Å²) in [5.41, 5.74) is 7.17. The van der Waals surface area contributed by atoms with E-state index in [1.165, 1.54) is 12.8 Å². The van der Waals surface area contributed by atoms with Crippen molar-refractivity contribution in [2.75, 3.05) is 7.11 Å². The van der Waals surface area contributed by atoms with Crippen molar-refractivity contribution < 1.29 is 4.74 Å².